The Bertz CT molecular complexity index is 1940. The Hall–Kier alpha value is -3.65. The van der Waals surface area contributed by atoms with E-state index in [1.165, 1.54) is 82.0 Å². The van der Waals surface area contributed by atoms with Gasteiger partial charge in [0, 0.05) is 16.8 Å². The Labute approximate surface area is 193 Å². The van der Waals surface area contributed by atoms with Crippen LogP contribution in [0.3, 0.4) is 0 Å². The average Bonchev–Trinajstić information content (AvgIpc) is 3.17. The molecule has 3 heterocycles. The minimum Gasteiger partial charge on any atom is -0.307 e. The summed E-state index contributed by atoms with van der Waals surface area (Å²) in [4.78, 5) is 0. The van der Waals surface area contributed by atoms with Crippen LogP contribution in [0.4, 0.5) is 0 Å². The van der Waals surface area contributed by atoms with Gasteiger partial charge in [-0.3, -0.25) is 0 Å². The van der Waals surface area contributed by atoms with E-state index >= 15 is 0 Å². The fourth-order valence-electron chi connectivity index (χ4n) is 6.57. The summed E-state index contributed by atoms with van der Waals surface area (Å²) in [6.45, 7) is 9.16. The van der Waals surface area contributed by atoms with Crippen molar-refractivity contribution in [2.75, 3.05) is 0 Å². The SMILES string of the molecule is CCc1cc2cc[n+](C)c3c4c(C)c5cccc(C)c5c(C)c4n4c5ccccc5c1c4c23. The number of para-hydroxylation sites is 1. The predicted octanol–water partition coefficient (Wildman–Crippen LogP) is 7.46. The molecule has 0 atom stereocenters. The monoisotopic (exact) mass is 427 g/mol. The molecule has 160 valence electrons. The molecule has 0 N–H and O–H groups in total. The first-order valence-corrected chi connectivity index (χ1v) is 11.9. The highest BCUT2D eigenvalue weighted by atomic mass is 15.0. The van der Waals surface area contributed by atoms with Gasteiger partial charge in [-0.2, -0.15) is 0 Å². The molecule has 0 saturated carbocycles. The number of fused-ring (bicyclic) bond motifs is 7. The molecule has 7 rings (SSSR count). The van der Waals surface area contributed by atoms with E-state index in [1.54, 1.807) is 0 Å². The number of rotatable bonds is 1. The number of hydrogen-bond donors (Lipinski definition) is 0. The second-order valence-corrected chi connectivity index (χ2v) is 9.68. The van der Waals surface area contributed by atoms with Crippen molar-refractivity contribution in [3.8, 4) is 0 Å². The van der Waals surface area contributed by atoms with Crippen molar-refractivity contribution >= 4 is 59.8 Å². The number of aromatic nitrogens is 2. The zero-order chi connectivity index (χ0) is 22.6. The van der Waals surface area contributed by atoms with E-state index in [0.717, 1.165) is 6.42 Å². The smallest absolute Gasteiger partial charge is 0.224 e. The average molecular weight is 428 g/mol. The first-order chi connectivity index (χ1) is 16.0. The maximum atomic E-state index is 2.59. The van der Waals surface area contributed by atoms with Gasteiger partial charge in [0.15, 0.2) is 6.20 Å². The molecule has 0 aliphatic rings. The molecule has 33 heavy (non-hydrogen) atoms. The molecule has 4 aromatic carbocycles. The number of aryl methyl sites for hydroxylation is 5. The van der Waals surface area contributed by atoms with Crippen molar-refractivity contribution in [2.45, 2.75) is 34.1 Å². The molecule has 2 nitrogen and oxygen atoms in total. The van der Waals surface area contributed by atoms with Crippen LogP contribution in [0.15, 0.2) is 60.8 Å². The van der Waals surface area contributed by atoms with Crippen molar-refractivity contribution in [1.82, 2.24) is 4.40 Å². The Morgan fingerprint density at radius 3 is 2.36 bits per heavy atom. The van der Waals surface area contributed by atoms with E-state index in [1.807, 2.05) is 0 Å². The number of hydrogen-bond acceptors (Lipinski definition) is 0. The van der Waals surface area contributed by atoms with E-state index in [4.69, 9.17) is 0 Å². The second-order valence-electron chi connectivity index (χ2n) is 9.68. The van der Waals surface area contributed by atoms with Crippen LogP contribution in [-0.4, -0.2) is 4.40 Å². The van der Waals surface area contributed by atoms with Crippen molar-refractivity contribution in [1.29, 1.82) is 0 Å². The van der Waals surface area contributed by atoms with Crippen LogP contribution in [0.1, 0.15) is 29.2 Å². The van der Waals surface area contributed by atoms with Crippen LogP contribution in [-0.2, 0) is 13.5 Å². The fourth-order valence-corrected chi connectivity index (χ4v) is 6.57. The molecule has 0 spiro atoms. The quantitative estimate of drug-likeness (QED) is 0.146. The molecule has 0 amide bonds. The lowest BCUT2D eigenvalue weighted by Gasteiger charge is -2.18. The third-order valence-corrected chi connectivity index (χ3v) is 7.98. The van der Waals surface area contributed by atoms with Gasteiger partial charge < -0.3 is 4.40 Å². The summed E-state index contributed by atoms with van der Waals surface area (Å²) >= 11 is 0. The summed E-state index contributed by atoms with van der Waals surface area (Å²) in [7, 11) is 2.20. The lowest BCUT2D eigenvalue weighted by molar-refractivity contribution is -0.643. The predicted molar refractivity (Wildman–Crippen MR) is 141 cm³/mol. The maximum Gasteiger partial charge on any atom is 0.224 e. The van der Waals surface area contributed by atoms with Crippen molar-refractivity contribution < 1.29 is 4.57 Å². The Morgan fingerprint density at radius 2 is 1.55 bits per heavy atom. The first kappa shape index (κ1) is 18.9. The fraction of sp³-hybridized carbons (Fsp3) is 0.194. The molecule has 0 unspecified atom stereocenters. The highest BCUT2D eigenvalue weighted by Gasteiger charge is 2.27. The van der Waals surface area contributed by atoms with Gasteiger partial charge in [0.05, 0.1) is 27.3 Å². The van der Waals surface area contributed by atoms with Gasteiger partial charge in [-0.15, -0.1) is 0 Å². The first-order valence-electron chi connectivity index (χ1n) is 11.9. The highest BCUT2D eigenvalue weighted by Crippen LogP contribution is 2.45. The van der Waals surface area contributed by atoms with Crippen LogP contribution in [0.2, 0.25) is 0 Å². The number of benzene rings is 4. The zero-order valence-electron chi connectivity index (χ0n) is 19.9. The van der Waals surface area contributed by atoms with Gasteiger partial charge in [-0.05, 0) is 77.7 Å². The third kappa shape index (κ3) is 2.12. The second kappa shape index (κ2) is 6.23. The summed E-state index contributed by atoms with van der Waals surface area (Å²) < 4.78 is 4.92. The topological polar surface area (TPSA) is 8.29 Å². The molecule has 7 aromatic rings. The van der Waals surface area contributed by atoms with Crippen LogP contribution < -0.4 is 4.57 Å². The third-order valence-electron chi connectivity index (χ3n) is 7.98. The standard InChI is InChI=1S/C31H27N2/c1-6-20-16-21-14-15-32(5)30-26-18(3)22-12-9-10-17(2)25(22)19(4)29(26)33-24-13-8-7-11-23(24)27(20)31(33)28(21)30/h7-16H,6H2,1-5H3/q+1. The van der Waals surface area contributed by atoms with Gasteiger partial charge in [0.1, 0.15) is 7.05 Å². The maximum absolute atomic E-state index is 2.59. The molecule has 0 fully saturated rings. The van der Waals surface area contributed by atoms with E-state index in [9.17, 15) is 0 Å². The Morgan fingerprint density at radius 1 is 0.758 bits per heavy atom. The Balaban J connectivity index is 2.01. The van der Waals surface area contributed by atoms with Gasteiger partial charge >= 0.3 is 0 Å². The van der Waals surface area contributed by atoms with Gasteiger partial charge in [-0.25, -0.2) is 4.57 Å². The van der Waals surface area contributed by atoms with Gasteiger partial charge in [0.2, 0.25) is 5.52 Å². The summed E-state index contributed by atoms with van der Waals surface area (Å²) in [5, 5.41) is 9.63. The lowest BCUT2D eigenvalue weighted by Crippen LogP contribution is -2.29. The van der Waals surface area contributed by atoms with Gasteiger partial charge in [-0.1, -0.05) is 43.3 Å². The minimum atomic E-state index is 1.03. The summed E-state index contributed by atoms with van der Waals surface area (Å²) in [5.74, 6) is 0. The normalized spacial score (nSPS) is 12.5. The van der Waals surface area contributed by atoms with Crippen molar-refractivity contribution in [3.63, 3.8) is 0 Å². The van der Waals surface area contributed by atoms with E-state index in [2.05, 4.69) is 105 Å². The molecule has 0 radical (unpaired) electrons. The largest absolute Gasteiger partial charge is 0.307 e. The molecule has 0 aliphatic carbocycles. The molecule has 0 aliphatic heterocycles. The molecular formula is C31H27N2+. The minimum absolute atomic E-state index is 1.03. The summed E-state index contributed by atoms with van der Waals surface area (Å²) in [5.41, 5.74) is 10.9. The number of nitrogens with zero attached hydrogens (tertiary/aromatic N) is 2. The zero-order valence-corrected chi connectivity index (χ0v) is 19.9. The summed E-state index contributed by atoms with van der Waals surface area (Å²) in [6.07, 6.45) is 3.26. The van der Waals surface area contributed by atoms with E-state index in [-0.39, 0.29) is 0 Å². The van der Waals surface area contributed by atoms with Crippen LogP contribution in [0.5, 0.6) is 0 Å². The molecule has 0 bridgehead atoms. The van der Waals surface area contributed by atoms with Crippen LogP contribution in [0, 0.1) is 20.8 Å². The van der Waals surface area contributed by atoms with Gasteiger partial charge in [0.25, 0.3) is 0 Å². The summed E-state index contributed by atoms with van der Waals surface area (Å²) in [6, 6.07) is 20.4. The highest BCUT2D eigenvalue weighted by molar-refractivity contribution is 6.29. The van der Waals surface area contributed by atoms with Crippen molar-refractivity contribution in [2.24, 2.45) is 7.05 Å². The van der Waals surface area contributed by atoms with Crippen molar-refractivity contribution in [3.05, 3.63) is 83.0 Å². The Kier molecular flexibility index (Phi) is 3.56. The molecule has 2 heteroatoms. The number of pyridine rings is 2. The van der Waals surface area contributed by atoms with E-state index in [0.29, 0.717) is 0 Å². The van der Waals surface area contributed by atoms with E-state index < -0.39 is 0 Å². The lowest BCUT2D eigenvalue weighted by atomic mass is 9.90. The molecule has 0 saturated heterocycles. The van der Waals surface area contributed by atoms with Crippen LogP contribution in [0.25, 0.3) is 59.8 Å². The van der Waals surface area contributed by atoms with Crippen LogP contribution >= 0.6 is 0 Å². The molecular weight excluding hydrogens is 400 g/mol. The molecule has 3 aromatic heterocycles.